The Morgan fingerprint density at radius 3 is 2.54 bits per heavy atom. The van der Waals surface area contributed by atoms with Gasteiger partial charge in [0.25, 0.3) is 5.91 Å². The Hall–Kier alpha value is -5.86. The van der Waals surface area contributed by atoms with Crippen LogP contribution in [0.5, 0.6) is 11.5 Å². The fraction of sp³-hybridized carbons (Fsp3) is 0.422. The van der Waals surface area contributed by atoms with Crippen LogP contribution in [0.1, 0.15) is 72.0 Å². The van der Waals surface area contributed by atoms with Gasteiger partial charge in [0, 0.05) is 75.7 Å². The van der Waals surface area contributed by atoms with E-state index in [9.17, 15) is 14.4 Å². The van der Waals surface area contributed by atoms with E-state index in [0.717, 1.165) is 94.7 Å². The maximum absolute atomic E-state index is 13.2. The van der Waals surface area contributed by atoms with Gasteiger partial charge in [-0.3, -0.25) is 19.9 Å². The Morgan fingerprint density at radius 2 is 1.78 bits per heavy atom. The van der Waals surface area contributed by atoms with Gasteiger partial charge in [-0.1, -0.05) is 18.2 Å². The monoisotopic (exact) mass is 801 g/mol. The zero-order valence-corrected chi connectivity index (χ0v) is 33.8. The summed E-state index contributed by atoms with van der Waals surface area (Å²) in [7, 11) is 1.55. The van der Waals surface area contributed by atoms with Gasteiger partial charge in [-0.2, -0.15) is 0 Å². The summed E-state index contributed by atoms with van der Waals surface area (Å²) in [4.78, 5) is 51.9. The van der Waals surface area contributed by atoms with Crippen molar-refractivity contribution in [3.8, 4) is 11.5 Å². The molecule has 59 heavy (non-hydrogen) atoms. The molecule has 1 aromatic heterocycles. The van der Waals surface area contributed by atoms with Gasteiger partial charge in [0.15, 0.2) is 0 Å². The number of aldehydes is 1. The van der Waals surface area contributed by atoms with Crippen LogP contribution in [-0.2, 0) is 20.9 Å². The van der Waals surface area contributed by atoms with E-state index in [0.29, 0.717) is 53.7 Å². The van der Waals surface area contributed by atoms with Crippen LogP contribution in [0.25, 0.3) is 0 Å². The third kappa shape index (κ3) is 10.2. The van der Waals surface area contributed by atoms with Gasteiger partial charge < -0.3 is 40.4 Å². The minimum absolute atomic E-state index is 0.148. The number of piperidine rings is 2. The average Bonchev–Trinajstić information content (AvgIpc) is 3.59. The van der Waals surface area contributed by atoms with Gasteiger partial charge in [0.05, 0.1) is 17.9 Å². The summed E-state index contributed by atoms with van der Waals surface area (Å²) in [5, 5.41) is 15.3. The molecule has 14 nitrogen and oxygen atoms in total. The molecular weight excluding hydrogens is 747 g/mol. The number of likely N-dealkylation sites (tertiary alicyclic amines) is 1. The Kier molecular flexibility index (Phi) is 13.8. The number of nitrogens with zero attached hydrogens (tertiary/aromatic N) is 5. The highest BCUT2D eigenvalue weighted by atomic mass is 16.5. The number of fused-ring (bicyclic) bond motifs is 1. The van der Waals surface area contributed by atoms with Crippen LogP contribution >= 0.6 is 0 Å². The number of para-hydroxylation sites is 1. The van der Waals surface area contributed by atoms with Gasteiger partial charge in [-0.25, -0.2) is 9.97 Å². The molecule has 0 spiro atoms. The molecule has 3 aliphatic rings. The van der Waals surface area contributed by atoms with E-state index < -0.39 is 6.04 Å². The van der Waals surface area contributed by atoms with E-state index in [1.54, 1.807) is 11.9 Å². The number of nitrogens with one attached hydrogen (secondary N) is 3. The number of rotatable bonds is 18. The standard InChI is InChI=1S/C45H55N9O5/c1-48-44(56)39(10-6-24-55)54-28-33-27-35(13-16-38(33)45(54)57)53-21-17-31(18-22-53)19-25-58-26-23-52-20-5-7-34(29-52)51-43-40(42(47)49-30-50-43)41(46)32-11-14-37(15-12-32)59-36-8-3-2-4-9-36/h2-4,8-9,11-16,24,27,30-31,34,39,46H,5-7,10,17-23,25-26,28-29H2,1H3,(H,48,56)(H3,47,49,50,51). The van der Waals surface area contributed by atoms with Crippen LogP contribution in [-0.4, -0.2) is 109 Å². The predicted octanol–water partition coefficient (Wildman–Crippen LogP) is 5.52. The molecule has 7 rings (SSSR count). The van der Waals surface area contributed by atoms with Crippen molar-refractivity contribution in [3.63, 3.8) is 0 Å². The lowest BCUT2D eigenvalue weighted by atomic mass is 9.93. The minimum atomic E-state index is -0.662. The summed E-state index contributed by atoms with van der Waals surface area (Å²) in [5.74, 6) is 2.45. The molecule has 2 saturated heterocycles. The maximum Gasteiger partial charge on any atom is 0.255 e. The lowest BCUT2D eigenvalue weighted by Crippen LogP contribution is -2.46. The molecule has 310 valence electrons. The molecule has 3 aromatic carbocycles. The molecule has 14 heteroatoms. The van der Waals surface area contributed by atoms with Crippen LogP contribution in [0.2, 0.25) is 0 Å². The number of amides is 2. The number of ether oxygens (including phenoxy) is 2. The minimum Gasteiger partial charge on any atom is -0.457 e. The molecule has 3 aliphatic heterocycles. The highest BCUT2D eigenvalue weighted by molar-refractivity contribution is 6.16. The summed E-state index contributed by atoms with van der Waals surface area (Å²) in [6, 6.07) is 22.5. The molecule has 4 heterocycles. The van der Waals surface area contributed by atoms with E-state index in [2.05, 4.69) is 36.5 Å². The first-order chi connectivity index (χ1) is 28.8. The van der Waals surface area contributed by atoms with E-state index in [4.69, 9.17) is 20.6 Å². The fourth-order valence-corrected chi connectivity index (χ4v) is 8.41. The summed E-state index contributed by atoms with van der Waals surface area (Å²) in [5.41, 5.74) is 10.4. The highest BCUT2D eigenvalue weighted by Crippen LogP contribution is 2.32. The molecule has 0 bridgehead atoms. The zero-order chi connectivity index (χ0) is 41.1. The van der Waals surface area contributed by atoms with Crippen LogP contribution in [0.3, 0.4) is 0 Å². The van der Waals surface area contributed by atoms with Crippen molar-refractivity contribution >= 4 is 41.1 Å². The number of carbonyl (C=O) groups is 3. The molecule has 2 unspecified atom stereocenters. The maximum atomic E-state index is 13.2. The van der Waals surface area contributed by atoms with Crippen molar-refractivity contribution in [2.45, 2.75) is 63.6 Å². The molecule has 0 saturated carbocycles. The second-order valence-corrected chi connectivity index (χ2v) is 15.6. The number of hydrogen-bond donors (Lipinski definition) is 4. The van der Waals surface area contributed by atoms with Gasteiger partial charge in [0.2, 0.25) is 5.91 Å². The number of hydrogen-bond acceptors (Lipinski definition) is 12. The molecule has 2 amide bonds. The van der Waals surface area contributed by atoms with Crippen LogP contribution in [0.15, 0.2) is 79.1 Å². The number of likely N-dealkylation sites (N-methyl/N-ethyl adjacent to an activating group) is 1. The molecular formula is C45H55N9O5. The van der Waals surface area contributed by atoms with Gasteiger partial charge in [-0.15, -0.1) is 0 Å². The van der Waals surface area contributed by atoms with Crippen molar-refractivity contribution in [1.29, 1.82) is 5.41 Å². The number of benzene rings is 3. The van der Waals surface area contributed by atoms with Crippen molar-refractivity contribution in [1.82, 2.24) is 25.1 Å². The number of carbonyl (C=O) groups excluding carboxylic acids is 3. The SMILES string of the molecule is CNC(=O)C(CCC=O)N1Cc2cc(N3CCC(CCOCCN4CCCC(Nc5ncnc(N)c5C(=N)c5ccc(Oc6ccccc6)cc5)C4)CC3)ccc2C1=O. The zero-order valence-electron chi connectivity index (χ0n) is 33.8. The van der Waals surface area contributed by atoms with E-state index in [1.807, 2.05) is 66.7 Å². The van der Waals surface area contributed by atoms with E-state index >= 15 is 0 Å². The summed E-state index contributed by atoms with van der Waals surface area (Å²) < 4.78 is 12.1. The third-order valence-electron chi connectivity index (χ3n) is 11.7. The number of nitrogens with two attached hydrogens (primary N) is 1. The average molecular weight is 802 g/mol. The van der Waals surface area contributed by atoms with Crippen LogP contribution < -0.4 is 26.0 Å². The van der Waals surface area contributed by atoms with Crippen LogP contribution in [0.4, 0.5) is 17.3 Å². The fourth-order valence-electron chi connectivity index (χ4n) is 8.41. The highest BCUT2D eigenvalue weighted by Gasteiger charge is 2.36. The number of aromatic nitrogens is 2. The van der Waals surface area contributed by atoms with Gasteiger partial charge in [-0.05, 0) is 111 Å². The lowest BCUT2D eigenvalue weighted by Gasteiger charge is -2.34. The Bertz CT molecular complexity index is 2070. The Balaban J connectivity index is 0.830. The van der Waals surface area contributed by atoms with Crippen LogP contribution in [0, 0.1) is 11.3 Å². The summed E-state index contributed by atoms with van der Waals surface area (Å²) in [6.07, 6.45) is 7.99. The van der Waals surface area contributed by atoms with E-state index in [1.165, 1.54) is 6.33 Å². The first-order valence-corrected chi connectivity index (χ1v) is 20.7. The normalized spacial score (nSPS) is 17.6. The lowest BCUT2D eigenvalue weighted by molar-refractivity contribution is -0.125. The van der Waals surface area contributed by atoms with Gasteiger partial charge >= 0.3 is 0 Å². The third-order valence-corrected chi connectivity index (χ3v) is 11.7. The molecule has 2 fully saturated rings. The van der Waals surface area contributed by atoms with Crippen molar-refractivity contribution < 1.29 is 23.9 Å². The molecule has 4 aromatic rings. The quantitative estimate of drug-likeness (QED) is 0.0566. The Labute approximate surface area is 346 Å². The second kappa shape index (κ2) is 19.7. The molecule has 0 aliphatic carbocycles. The first-order valence-electron chi connectivity index (χ1n) is 20.7. The molecule has 0 radical (unpaired) electrons. The predicted molar refractivity (Wildman–Crippen MR) is 228 cm³/mol. The largest absolute Gasteiger partial charge is 0.457 e. The van der Waals surface area contributed by atoms with Crippen molar-refractivity contribution in [2.75, 3.05) is 68.9 Å². The van der Waals surface area contributed by atoms with Gasteiger partial charge in [0.1, 0.15) is 41.8 Å². The van der Waals surface area contributed by atoms with Crippen molar-refractivity contribution in [2.24, 2.45) is 5.92 Å². The Morgan fingerprint density at radius 1 is 1.00 bits per heavy atom. The molecule has 2 atom stereocenters. The molecule has 5 N–H and O–H groups in total. The number of anilines is 3. The summed E-state index contributed by atoms with van der Waals surface area (Å²) in [6.45, 7) is 6.36. The smallest absolute Gasteiger partial charge is 0.255 e. The summed E-state index contributed by atoms with van der Waals surface area (Å²) >= 11 is 0. The first kappa shape index (κ1) is 41.3. The van der Waals surface area contributed by atoms with E-state index in [-0.39, 0.29) is 35.8 Å². The second-order valence-electron chi connectivity index (χ2n) is 15.6. The number of nitrogen functional groups attached to an aromatic ring is 1. The topological polar surface area (TPSA) is 179 Å². The van der Waals surface area contributed by atoms with Crippen molar-refractivity contribution in [3.05, 3.63) is 101 Å².